The number of anilines is 1. The highest BCUT2D eigenvalue weighted by Crippen LogP contribution is 2.30. The molecule has 0 radical (unpaired) electrons. The van der Waals surface area contributed by atoms with Gasteiger partial charge in [-0.2, -0.15) is 5.26 Å². The summed E-state index contributed by atoms with van der Waals surface area (Å²) in [5, 5.41) is 15.3. The lowest BCUT2D eigenvalue weighted by molar-refractivity contribution is 0.242. The van der Waals surface area contributed by atoms with Gasteiger partial charge in [0, 0.05) is 23.0 Å². The van der Waals surface area contributed by atoms with Gasteiger partial charge in [-0.05, 0) is 31.1 Å². The number of amides is 2. The quantitative estimate of drug-likeness (QED) is 0.875. The van der Waals surface area contributed by atoms with Gasteiger partial charge in [-0.1, -0.05) is 20.8 Å². The van der Waals surface area contributed by atoms with Crippen LogP contribution in [0.3, 0.4) is 0 Å². The molecule has 6 heteroatoms. The fraction of sp³-hybridized carbons (Fsp3) is 0.667. The molecule has 114 valence electrons. The number of carbonyl (C=O) groups is 1. The predicted molar refractivity (Wildman–Crippen MR) is 84.3 cm³/mol. The molecule has 21 heavy (non-hydrogen) atoms. The van der Waals surface area contributed by atoms with Crippen molar-refractivity contribution in [3.63, 3.8) is 0 Å². The topological polar surface area (TPSA) is 77.8 Å². The second-order valence-electron chi connectivity index (χ2n) is 6.56. The van der Waals surface area contributed by atoms with Gasteiger partial charge in [0.1, 0.15) is 0 Å². The summed E-state index contributed by atoms with van der Waals surface area (Å²) in [6.07, 6.45) is 5.30. The Morgan fingerprint density at radius 2 is 2.05 bits per heavy atom. The highest BCUT2D eigenvalue weighted by molar-refractivity contribution is 7.15. The van der Waals surface area contributed by atoms with Crippen LogP contribution < -0.4 is 10.6 Å². The second kappa shape index (κ2) is 6.44. The molecule has 2 N–H and O–H groups in total. The lowest BCUT2D eigenvalue weighted by atomic mass is 9.87. The molecule has 1 aliphatic carbocycles. The molecular formula is C15H22N4OS. The van der Waals surface area contributed by atoms with Crippen molar-refractivity contribution >= 4 is 22.5 Å². The van der Waals surface area contributed by atoms with E-state index in [2.05, 4.69) is 42.5 Å². The van der Waals surface area contributed by atoms with Crippen molar-refractivity contribution in [3.05, 3.63) is 11.1 Å². The molecule has 1 saturated carbocycles. The maximum absolute atomic E-state index is 12.0. The van der Waals surface area contributed by atoms with Crippen LogP contribution in [-0.4, -0.2) is 17.1 Å². The zero-order chi connectivity index (χ0) is 15.5. The van der Waals surface area contributed by atoms with Crippen molar-refractivity contribution in [1.29, 1.82) is 5.26 Å². The fourth-order valence-electron chi connectivity index (χ4n) is 2.36. The SMILES string of the molecule is CC(C)(C)c1cnc(NC(=O)NC2CCC(C#N)CC2)s1. The van der Waals surface area contributed by atoms with Crippen molar-refractivity contribution < 1.29 is 4.79 Å². The van der Waals surface area contributed by atoms with Crippen LogP contribution in [0.2, 0.25) is 0 Å². The summed E-state index contributed by atoms with van der Waals surface area (Å²) in [4.78, 5) is 17.4. The Morgan fingerprint density at radius 3 is 2.57 bits per heavy atom. The van der Waals surface area contributed by atoms with Crippen LogP contribution in [0, 0.1) is 17.2 Å². The minimum absolute atomic E-state index is 0.0454. The molecule has 0 aliphatic heterocycles. The van der Waals surface area contributed by atoms with Crippen LogP contribution in [0.15, 0.2) is 6.20 Å². The number of hydrogen-bond donors (Lipinski definition) is 2. The largest absolute Gasteiger partial charge is 0.335 e. The van der Waals surface area contributed by atoms with E-state index >= 15 is 0 Å². The Morgan fingerprint density at radius 1 is 1.38 bits per heavy atom. The number of hydrogen-bond acceptors (Lipinski definition) is 4. The van der Waals surface area contributed by atoms with Gasteiger partial charge in [-0.3, -0.25) is 5.32 Å². The van der Waals surface area contributed by atoms with Crippen molar-refractivity contribution in [2.24, 2.45) is 5.92 Å². The number of nitrogens with zero attached hydrogens (tertiary/aromatic N) is 2. The number of aromatic nitrogens is 1. The Bertz CT molecular complexity index is 533. The molecule has 0 saturated heterocycles. The zero-order valence-electron chi connectivity index (χ0n) is 12.8. The van der Waals surface area contributed by atoms with E-state index in [1.165, 1.54) is 11.3 Å². The third kappa shape index (κ3) is 4.43. The normalized spacial score (nSPS) is 22.4. The molecule has 2 amide bonds. The molecule has 1 aromatic heterocycles. The first kappa shape index (κ1) is 15.8. The minimum atomic E-state index is -0.204. The molecule has 0 bridgehead atoms. The van der Waals surface area contributed by atoms with E-state index in [0.717, 1.165) is 30.6 Å². The highest BCUT2D eigenvalue weighted by Gasteiger charge is 2.23. The van der Waals surface area contributed by atoms with E-state index in [4.69, 9.17) is 5.26 Å². The second-order valence-corrected chi connectivity index (χ2v) is 7.59. The van der Waals surface area contributed by atoms with E-state index in [-0.39, 0.29) is 23.4 Å². The third-order valence-electron chi connectivity index (χ3n) is 3.71. The number of thiazole rings is 1. The maximum Gasteiger partial charge on any atom is 0.321 e. The maximum atomic E-state index is 12.0. The zero-order valence-corrected chi connectivity index (χ0v) is 13.6. The molecule has 1 aromatic rings. The first-order valence-electron chi connectivity index (χ1n) is 7.32. The molecule has 0 spiro atoms. The smallest absolute Gasteiger partial charge is 0.321 e. The monoisotopic (exact) mass is 306 g/mol. The number of urea groups is 1. The van der Waals surface area contributed by atoms with Gasteiger partial charge in [-0.25, -0.2) is 9.78 Å². The summed E-state index contributed by atoms with van der Waals surface area (Å²) in [5.41, 5.74) is 0.0454. The van der Waals surface area contributed by atoms with Crippen LogP contribution in [0.25, 0.3) is 0 Å². The molecule has 1 aliphatic rings. The molecule has 1 heterocycles. The number of rotatable bonds is 2. The lowest BCUT2D eigenvalue weighted by Gasteiger charge is -2.25. The van der Waals surface area contributed by atoms with E-state index < -0.39 is 0 Å². The number of nitrogens with one attached hydrogen (secondary N) is 2. The van der Waals surface area contributed by atoms with Crippen LogP contribution in [-0.2, 0) is 5.41 Å². The van der Waals surface area contributed by atoms with Gasteiger partial charge in [0.2, 0.25) is 0 Å². The lowest BCUT2D eigenvalue weighted by Crippen LogP contribution is -2.40. The van der Waals surface area contributed by atoms with E-state index in [0.29, 0.717) is 5.13 Å². The average Bonchev–Trinajstić information content (AvgIpc) is 2.88. The van der Waals surface area contributed by atoms with E-state index in [1.807, 2.05) is 6.20 Å². The number of carbonyl (C=O) groups excluding carboxylic acids is 1. The first-order chi connectivity index (χ1) is 9.88. The third-order valence-corrected chi connectivity index (χ3v) is 5.05. The first-order valence-corrected chi connectivity index (χ1v) is 8.13. The van der Waals surface area contributed by atoms with Crippen LogP contribution in [0.1, 0.15) is 51.3 Å². The van der Waals surface area contributed by atoms with Gasteiger partial charge in [0.15, 0.2) is 5.13 Å². The van der Waals surface area contributed by atoms with Crippen LogP contribution in [0.5, 0.6) is 0 Å². The van der Waals surface area contributed by atoms with Crippen LogP contribution >= 0.6 is 11.3 Å². The summed E-state index contributed by atoms with van der Waals surface area (Å²) in [7, 11) is 0. The molecular weight excluding hydrogens is 284 g/mol. The van der Waals surface area contributed by atoms with Gasteiger partial charge >= 0.3 is 6.03 Å². The van der Waals surface area contributed by atoms with Gasteiger partial charge in [-0.15, -0.1) is 11.3 Å². The van der Waals surface area contributed by atoms with Crippen molar-refractivity contribution in [3.8, 4) is 6.07 Å². The Kier molecular flexibility index (Phi) is 4.84. The molecule has 0 aromatic carbocycles. The summed E-state index contributed by atoms with van der Waals surface area (Å²) in [5.74, 6) is 0.152. The average molecular weight is 306 g/mol. The highest BCUT2D eigenvalue weighted by atomic mass is 32.1. The number of nitriles is 1. The van der Waals surface area contributed by atoms with Crippen molar-refractivity contribution in [2.75, 3.05) is 5.32 Å². The van der Waals surface area contributed by atoms with Gasteiger partial charge in [0.05, 0.1) is 6.07 Å². The summed E-state index contributed by atoms with van der Waals surface area (Å²) < 4.78 is 0. The van der Waals surface area contributed by atoms with Crippen molar-refractivity contribution in [2.45, 2.75) is 57.9 Å². The summed E-state index contributed by atoms with van der Waals surface area (Å²) in [6.45, 7) is 6.37. The standard InChI is InChI=1S/C15H22N4OS/c1-15(2,3)12-9-17-14(21-12)19-13(20)18-11-6-4-10(8-16)5-7-11/h9-11H,4-7H2,1-3H3,(H2,17,18,19,20). The molecule has 1 fully saturated rings. The molecule has 0 atom stereocenters. The van der Waals surface area contributed by atoms with Crippen molar-refractivity contribution in [1.82, 2.24) is 10.3 Å². The minimum Gasteiger partial charge on any atom is -0.335 e. The van der Waals surface area contributed by atoms with Crippen LogP contribution in [0.4, 0.5) is 9.93 Å². The fourth-order valence-corrected chi connectivity index (χ4v) is 3.23. The van der Waals surface area contributed by atoms with Gasteiger partial charge in [0.25, 0.3) is 0 Å². The van der Waals surface area contributed by atoms with E-state index in [9.17, 15) is 4.79 Å². The Balaban J connectivity index is 1.83. The summed E-state index contributed by atoms with van der Waals surface area (Å²) >= 11 is 1.51. The van der Waals surface area contributed by atoms with Gasteiger partial charge < -0.3 is 5.32 Å². The summed E-state index contributed by atoms with van der Waals surface area (Å²) in [6, 6.07) is 2.26. The predicted octanol–water partition coefficient (Wildman–Crippen LogP) is 3.64. The Hall–Kier alpha value is -1.61. The molecule has 2 rings (SSSR count). The van der Waals surface area contributed by atoms with E-state index in [1.54, 1.807) is 0 Å². The Labute approximate surface area is 129 Å². The molecule has 0 unspecified atom stereocenters. The molecule has 5 nitrogen and oxygen atoms in total.